The summed E-state index contributed by atoms with van der Waals surface area (Å²) >= 11 is 6.00. The van der Waals surface area contributed by atoms with E-state index in [1.807, 2.05) is 43.3 Å². The molecule has 216 valence electrons. The molecule has 9 heteroatoms. The minimum atomic E-state index is -0.410. The van der Waals surface area contributed by atoms with E-state index in [0.717, 1.165) is 80.3 Å². The van der Waals surface area contributed by atoms with Gasteiger partial charge in [0.1, 0.15) is 17.8 Å². The molecule has 0 N–H and O–H groups in total. The molecule has 2 fully saturated rings. The Balaban J connectivity index is 1.22. The van der Waals surface area contributed by atoms with E-state index in [-0.39, 0.29) is 12.2 Å². The highest BCUT2D eigenvalue weighted by Gasteiger charge is 2.27. The first-order valence-electron chi connectivity index (χ1n) is 14.2. The summed E-state index contributed by atoms with van der Waals surface area (Å²) in [6.45, 7) is 7.29. The van der Waals surface area contributed by atoms with Crippen LogP contribution < -0.4 is 4.74 Å². The molecular weight excluding hydrogens is 540 g/mol. The first-order chi connectivity index (χ1) is 19.9. The van der Waals surface area contributed by atoms with Gasteiger partial charge in [-0.2, -0.15) is 4.98 Å². The zero-order chi connectivity index (χ0) is 28.8. The number of aromatic nitrogens is 4. The maximum atomic E-state index is 12.2. The van der Waals surface area contributed by atoms with Gasteiger partial charge in [-0.3, -0.25) is 0 Å². The number of aryl methyl sites for hydroxylation is 1. The molecule has 0 amide bonds. The van der Waals surface area contributed by atoms with Crippen molar-refractivity contribution in [1.29, 1.82) is 0 Å². The molecule has 0 bridgehead atoms. The Kier molecular flexibility index (Phi) is 9.52. The standard InChI is InChI=1S/C32H37ClN4O4/c1-4-24(32(38)39-3)19-28-21(2)35-30(37(28)20-27-14-16-40-27)18-23-7-11-26(12-8-23)41-31-13-15-34-29(36-31)17-22-5-9-25(33)10-6-22/h4-6,9-10,13,15,19,23,26-27H,1,7-8,11-12,14,16-18,20H2,2-3H3/b24-19+/t23?,26?,27-/m0/s1. The van der Waals surface area contributed by atoms with Crippen molar-refractivity contribution in [3.8, 4) is 5.88 Å². The molecule has 41 heavy (non-hydrogen) atoms. The van der Waals surface area contributed by atoms with Crippen LogP contribution in [0.15, 0.2) is 54.8 Å². The van der Waals surface area contributed by atoms with Gasteiger partial charge in [0.05, 0.1) is 36.7 Å². The number of methoxy groups -OCH3 is 1. The fraction of sp³-hybridized carbons (Fsp3) is 0.438. The van der Waals surface area contributed by atoms with Gasteiger partial charge in [0.25, 0.3) is 0 Å². The number of imidazole rings is 1. The van der Waals surface area contributed by atoms with Gasteiger partial charge in [-0.25, -0.2) is 14.8 Å². The van der Waals surface area contributed by atoms with Crippen molar-refractivity contribution in [2.75, 3.05) is 13.7 Å². The minimum Gasteiger partial charge on any atom is -0.474 e. The molecule has 1 saturated carbocycles. The summed E-state index contributed by atoms with van der Waals surface area (Å²) in [6.07, 6.45) is 12.0. The number of ether oxygens (including phenoxy) is 3. The van der Waals surface area contributed by atoms with E-state index >= 15 is 0 Å². The fourth-order valence-electron chi connectivity index (χ4n) is 5.48. The van der Waals surface area contributed by atoms with Gasteiger partial charge < -0.3 is 18.8 Å². The molecule has 1 aromatic carbocycles. The highest BCUT2D eigenvalue weighted by atomic mass is 35.5. The van der Waals surface area contributed by atoms with Gasteiger partial charge in [0, 0.05) is 36.7 Å². The van der Waals surface area contributed by atoms with Crippen LogP contribution in [-0.2, 0) is 33.7 Å². The summed E-state index contributed by atoms with van der Waals surface area (Å²) in [5.41, 5.74) is 3.31. The number of rotatable bonds is 11. The molecule has 3 heterocycles. The molecule has 2 aromatic heterocycles. The second-order valence-corrected chi connectivity index (χ2v) is 11.2. The zero-order valence-corrected chi connectivity index (χ0v) is 24.5. The number of hydrogen-bond acceptors (Lipinski definition) is 7. The first kappa shape index (κ1) is 29.0. The minimum absolute atomic E-state index is 0.128. The number of nitrogens with zero attached hydrogens (tertiary/aromatic N) is 4. The number of halogens is 1. The lowest BCUT2D eigenvalue weighted by Crippen LogP contribution is -2.32. The van der Waals surface area contributed by atoms with Crippen LogP contribution in [0.1, 0.15) is 60.7 Å². The summed E-state index contributed by atoms with van der Waals surface area (Å²) in [6, 6.07) is 9.57. The highest BCUT2D eigenvalue weighted by molar-refractivity contribution is 6.30. The smallest absolute Gasteiger partial charge is 0.337 e. The molecule has 3 aromatic rings. The Bertz CT molecular complexity index is 1390. The molecule has 0 unspecified atom stereocenters. The van der Waals surface area contributed by atoms with Crippen LogP contribution in [0.2, 0.25) is 5.02 Å². The van der Waals surface area contributed by atoms with Crippen LogP contribution in [0.25, 0.3) is 6.08 Å². The average molecular weight is 577 g/mol. The molecule has 5 rings (SSSR count). The van der Waals surface area contributed by atoms with Crippen LogP contribution in [0, 0.1) is 12.8 Å². The van der Waals surface area contributed by atoms with E-state index in [1.54, 1.807) is 6.20 Å². The number of carbonyl (C=O) groups excluding carboxylic acids is 1. The normalized spacial score (nSPS) is 20.8. The predicted octanol–water partition coefficient (Wildman–Crippen LogP) is 5.94. The van der Waals surface area contributed by atoms with Gasteiger partial charge >= 0.3 is 5.97 Å². The van der Waals surface area contributed by atoms with Crippen molar-refractivity contribution in [2.24, 2.45) is 5.92 Å². The van der Waals surface area contributed by atoms with E-state index in [1.165, 1.54) is 13.2 Å². The summed E-state index contributed by atoms with van der Waals surface area (Å²) in [7, 11) is 1.38. The summed E-state index contributed by atoms with van der Waals surface area (Å²) in [5, 5.41) is 0.714. The topological polar surface area (TPSA) is 88.4 Å². The fourth-order valence-corrected chi connectivity index (χ4v) is 5.61. The van der Waals surface area contributed by atoms with E-state index in [9.17, 15) is 4.79 Å². The van der Waals surface area contributed by atoms with Crippen LogP contribution in [-0.4, -0.2) is 51.4 Å². The molecule has 0 radical (unpaired) electrons. The number of esters is 1. The van der Waals surface area contributed by atoms with Crippen molar-refractivity contribution in [2.45, 2.75) is 70.6 Å². The third-order valence-corrected chi connectivity index (χ3v) is 8.14. The van der Waals surface area contributed by atoms with Crippen molar-refractivity contribution in [3.63, 3.8) is 0 Å². The van der Waals surface area contributed by atoms with Gasteiger partial charge in [0.15, 0.2) is 0 Å². The van der Waals surface area contributed by atoms with Crippen LogP contribution in [0.5, 0.6) is 5.88 Å². The SMILES string of the molecule is C=C/C(=C\c1c(C)nc(CC2CCC(Oc3ccnc(Cc4ccc(Cl)cc4)n3)CC2)n1C[C@@H]1CCO1)C(=O)OC. The Hall–Kier alpha value is -3.49. The third kappa shape index (κ3) is 7.43. The Morgan fingerprint density at radius 2 is 1.90 bits per heavy atom. The van der Waals surface area contributed by atoms with Crippen molar-refractivity contribution < 1.29 is 19.0 Å². The maximum absolute atomic E-state index is 12.2. The van der Waals surface area contributed by atoms with Crippen molar-refractivity contribution in [3.05, 3.63) is 88.4 Å². The summed E-state index contributed by atoms with van der Waals surface area (Å²) in [5.74, 6) is 2.48. The van der Waals surface area contributed by atoms with E-state index in [2.05, 4.69) is 21.1 Å². The molecule has 1 saturated heterocycles. The van der Waals surface area contributed by atoms with Crippen molar-refractivity contribution >= 4 is 23.6 Å². The summed E-state index contributed by atoms with van der Waals surface area (Å²) in [4.78, 5) is 26.2. The second-order valence-electron chi connectivity index (χ2n) is 10.8. The Morgan fingerprint density at radius 1 is 1.15 bits per heavy atom. The molecule has 1 aliphatic heterocycles. The second kappa shape index (κ2) is 13.4. The molecule has 0 spiro atoms. The van der Waals surface area contributed by atoms with E-state index in [0.29, 0.717) is 28.8 Å². The first-order valence-corrected chi connectivity index (χ1v) is 14.6. The molecule has 8 nitrogen and oxygen atoms in total. The third-order valence-electron chi connectivity index (χ3n) is 7.89. The number of carbonyl (C=O) groups is 1. The highest BCUT2D eigenvalue weighted by Crippen LogP contribution is 2.31. The average Bonchev–Trinajstić information content (AvgIpc) is 3.24. The lowest BCUT2D eigenvalue weighted by atomic mass is 9.85. The van der Waals surface area contributed by atoms with Gasteiger partial charge in [0.2, 0.25) is 5.88 Å². The Morgan fingerprint density at radius 3 is 2.56 bits per heavy atom. The largest absolute Gasteiger partial charge is 0.474 e. The van der Waals surface area contributed by atoms with Crippen molar-refractivity contribution in [1.82, 2.24) is 19.5 Å². The van der Waals surface area contributed by atoms with Gasteiger partial charge in [-0.05, 0) is 68.7 Å². The molecule has 1 atom stereocenters. The lowest BCUT2D eigenvalue weighted by Gasteiger charge is -2.30. The Labute approximate surface area is 246 Å². The van der Waals surface area contributed by atoms with Crippen LogP contribution in [0.4, 0.5) is 0 Å². The van der Waals surface area contributed by atoms with Crippen LogP contribution >= 0.6 is 11.6 Å². The maximum Gasteiger partial charge on any atom is 0.337 e. The zero-order valence-electron chi connectivity index (χ0n) is 23.7. The molecule has 2 aliphatic rings. The molecule has 1 aliphatic carbocycles. The van der Waals surface area contributed by atoms with Crippen LogP contribution in [0.3, 0.4) is 0 Å². The van der Waals surface area contributed by atoms with Gasteiger partial charge in [-0.15, -0.1) is 0 Å². The molecular formula is C32H37ClN4O4. The van der Waals surface area contributed by atoms with E-state index in [4.69, 9.17) is 30.8 Å². The van der Waals surface area contributed by atoms with E-state index < -0.39 is 5.97 Å². The van der Waals surface area contributed by atoms with Gasteiger partial charge in [-0.1, -0.05) is 36.4 Å². The number of hydrogen-bond donors (Lipinski definition) is 0. The lowest BCUT2D eigenvalue weighted by molar-refractivity contribution is -0.135. The number of benzene rings is 1. The summed E-state index contributed by atoms with van der Waals surface area (Å²) < 4.78 is 19.2. The monoisotopic (exact) mass is 576 g/mol. The quantitative estimate of drug-likeness (QED) is 0.159. The predicted molar refractivity (Wildman–Crippen MR) is 158 cm³/mol.